The number of rotatable bonds is 5. The van der Waals surface area contributed by atoms with E-state index in [9.17, 15) is 9.50 Å². The molecule has 0 saturated carbocycles. The second kappa shape index (κ2) is 6.31. The van der Waals surface area contributed by atoms with E-state index in [0.29, 0.717) is 17.9 Å². The maximum Gasteiger partial charge on any atom is 0.145 e. The normalized spacial score (nSPS) is 12.8. The summed E-state index contributed by atoms with van der Waals surface area (Å²) in [6.07, 6.45) is 1.03. The third-order valence-electron chi connectivity index (χ3n) is 2.16. The van der Waals surface area contributed by atoms with Gasteiger partial charge in [-0.2, -0.15) is 0 Å². The molecule has 0 spiro atoms. The number of hydrogen-bond donors (Lipinski definition) is 1. The predicted molar refractivity (Wildman–Crippen MR) is 61.1 cm³/mol. The second-order valence-corrected chi connectivity index (χ2v) is 4.19. The average Bonchev–Trinajstić information content (AvgIpc) is 2.22. The van der Waals surface area contributed by atoms with Crippen LogP contribution in [-0.4, -0.2) is 17.1 Å². The van der Waals surface area contributed by atoms with Crippen molar-refractivity contribution >= 4 is 23.2 Å². The van der Waals surface area contributed by atoms with Crippen molar-refractivity contribution in [2.24, 2.45) is 0 Å². The molecule has 84 valence electrons. The third kappa shape index (κ3) is 3.98. The first-order chi connectivity index (χ1) is 7.15. The summed E-state index contributed by atoms with van der Waals surface area (Å²) in [5, 5.41) is 9.68. The number of aliphatic hydroxyl groups is 1. The highest BCUT2D eigenvalue weighted by atomic mass is 35.5. The van der Waals surface area contributed by atoms with Crippen LogP contribution in [0.4, 0.5) is 4.39 Å². The zero-order valence-corrected chi connectivity index (χ0v) is 9.73. The van der Waals surface area contributed by atoms with Crippen LogP contribution in [-0.2, 0) is 6.42 Å². The minimum atomic E-state index is -0.559. The molecule has 0 saturated heterocycles. The summed E-state index contributed by atoms with van der Waals surface area (Å²) in [4.78, 5) is 0. The molecule has 1 rings (SSSR count). The number of aliphatic hydroxyl groups excluding tert-OH is 1. The van der Waals surface area contributed by atoms with E-state index in [1.165, 1.54) is 6.07 Å². The van der Waals surface area contributed by atoms with Gasteiger partial charge in [0.05, 0.1) is 11.1 Å². The average molecular weight is 251 g/mol. The van der Waals surface area contributed by atoms with Crippen molar-refractivity contribution in [3.8, 4) is 0 Å². The van der Waals surface area contributed by atoms with Gasteiger partial charge >= 0.3 is 0 Å². The summed E-state index contributed by atoms with van der Waals surface area (Å²) in [5.74, 6) is 0.0684. The molecule has 1 aromatic carbocycles. The summed E-state index contributed by atoms with van der Waals surface area (Å²) in [7, 11) is 0. The maximum absolute atomic E-state index is 13.4. The number of alkyl halides is 1. The highest BCUT2D eigenvalue weighted by molar-refractivity contribution is 6.30. The largest absolute Gasteiger partial charge is 0.393 e. The quantitative estimate of drug-likeness (QED) is 0.795. The lowest BCUT2D eigenvalue weighted by Crippen LogP contribution is -2.11. The van der Waals surface area contributed by atoms with Crippen molar-refractivity contribution in [2.75, 3.05) is 5.88 Å². The molecule has 1 N–H and O–H groups in total. The Morgan fingerprint density at radius 2 is 2.13 bits per heavy atom. The van der Waals surface area contributed by atoms with Crippen LogP contribution in [0.3, 0.4) is 0 Å². The molecule has 0 aliphatic carbocycles. The lowest BCUT2D eigenvalue weighted by Gasteiger charge is -2.10. The summed E-state index contributed by atoms with van der Waals surface area (Å²) < 4.78 is 13.4. The van der Waals surface area contributed by atoms with E-state index in [0.717, 1.165) is 6.42 Å². The minimum Gasteiger partial charge on any atom is -0.393 e. The van der Waals surface area contributed by atoms with Crippen LogP contribution in [0.2, 0.25) is 5.02 Å². The first kappa shape index (κ1) is 12.8. The molecule has 0 aliphatic heterocycles. The van der Waals surface area contributed by atoms with Gasteiger partial charge in [0, 0.05) is 12.3 Å². The molecule has 0 aliphatic rings. The van der Waals surface area contributed by atoms with Crippen LogP contribution < -0.4 is 0 Å². The Balaban J connectivity index is 2.60. The Bertz CT molecular complexity index is 317. The molecule has 1 aromatic rings. The Hall–Kier alpha value is -0.310. The standard InChI is InChI=1S/C11H13Cl2FO/c12-6-2-4-9(15)7-8-3-1-5-10(13)11(8)14/h1,3,5,9,15H,2,4,6-7H2. The molecule has 1 nitrogen and oxygen atoms in total. The van der Waals surface area contributed by atoms with Crippen LogP contribution in [0.25, 0.3) is 0 Å². The third-order valence-corrected chi connectivity index (χ3v) is 2.72. The number of halogens is 3. The topological polar surface area (TPSA) is 20.2 Å². The van der Waals surface area contributed by atoms with E-state index in [1.54, 1.807) is 12.1 Å². The highest BCUT2D eigenvalue weighted by Gasteiger charge is 2.11. The fraction of sp³-hybridized carbons (Fsp3) is 0.455. The van der Waals surface area contributed by atoms with Gasteiger partial charge in [-0.3, -0.25) is 0 Å². The van der Waals surface area contributed by atoms with Gasteiger partial charge in [-0.25, -0.2) is 4.39 Å². The predicted octanol–water partition coefficient (Wildman–Crippen LogP) is 3.40. The van der Waals surface area contributed by atoms with Crippen LogP contribution in [0.1, 0.15) is 18.4 Å². The maximum atomic E-state index is 13.4. The molecule has 0 radical (unpaired) electrons. The SMILES string of the molecule is OC(CCCCl)Cc1cccc(Cl)c1F. The van der Waals surface area contributed by atoms with E-state index in [2.05, 4.69) is 0 Å². The molecule has 0 aromatic heterocycles. The van der Waals surface area contributed by atoms with Gasteiger partial charge in [-0.15, -0.1) is 11.6 Å². The summed E-state index contributed by atoms with van der Waals surface area (Å²) in [6.45, 7) is 0. The lowest BCUT2D eigenvalue weighted by molar-refractivity contribution is 0.163. The summed E-state index contributed by atoms with van der Waals surface area (Å²) >= 11 is 11.1. The first-order valence-electron chi connectivity index (χ1n) is 4.82. The minimum absolute atomic E-state index is 0.0945. The smallest absolute Gasteiger partial charge is 0.145 e. The highest BCUT2D eigenvalue weighted by Crippen LogP contribution is 2.19. The monoisotopic (exact) mass is 250 g/mol. The van der Waals surface area contributed by atoms with Gasteiger partial charge in [0.1, 0.15) is 5.82 Å². The molecular formula is C11H13Cl2FO. The van der Waals surface area contributed by atoms with E-state index >= 15 is 0 Å². The van der Waals surface area contributed by atoms with Gasteiger partial charge in [-0.05, 0) is 24.5 Å². The zero-order chi connectivity index (χ0) is 11.3. The van der Waals surface area contributed by atoms with Gasteiger partial charge in [-0.1, -0.05) is 23.7 Å². The van der Waals surface area contributed by atoms with Crippen LogP contribution in [0.15, 0.2) is 18.2 Å². The number of benzene rings is 1. The molecule has 0 fully saturated rings. The molecule has 0 amide bonds. The molecule has 0 bridgehead atoms. The Morgan fingerprint density at radius 1 is 1.40 bits per heavy atom. The molecule has 0 heterocycles. The molecule has 4 heteroatoms. The molecule has 1 atom stereocenters. The molecule has 1 unspecified atom stereocenters. The number of hydrogen-bond acceptors (Lipinski definition) is 1. The van der Waals surface area contributed by atoms with E-state index < -0.39 is 11.9 Å². The van der Waals surface area contributed by atoms with Crippen LogP contribution in [0, 0.1) is 5.82 Å². The van der Waals surface area contributed by atoms with Crippen LogP contribution >= 0.6 is 23.2 Å². The van der Waals surface area contributed by atoms with Crippen LogP contribution in [0.5, 0.6) is 0 Å². The summed E-state index contributed by atoms with van der Waals surface area (Å²) in [5.41, 5.74) is 0.449. The second-order valence-electron chi connectivity index (χ2n) is 3.40. The van der Waals surface area contributed by atoms with E-state index in [1.807, 2.05) is 0 Å². The first-order valence-corrected chi connectivity index (χ1v) is 5.73. The van der Waals surface area contributed by atoms with Crippen molar-refractivity contribution in [3.63, 3.8) is 0 Å². The zero-order valence-electron chi connectivity index (χ0n) is 8.22. The van der Waals surface area contributed by atoms with E-state index in [4.69, 9.17) is 23.2 Å². The lowest BCUT2D eigenvalue weighted by atomic mass is 10.0. The molecule has 15 heavy (non-hydrogen) atoms. The van der Waals surface area contributed by atoms with Gasteiger partial charge in [0.15, 0.2) is 0 Å². The van der Waals surface area contributed by atoms with Crippen molar-refractivity contribution in [1.82, 2.24) is 0 Å². The van der Waals surface area contributed by atoms with Crippen molar-refractivity contribution in [2.45, 2.75) is 25.4 Å². The Kier molecular flexibility index (Phi) is 5.37. The van der Waals surface area contributed by atoms with Crippen molar-refractivity contribution in [3.05, 3.63) is 34.6 Å². The fourth-order valence-corrected chi connectivity index (χ4v) is 1.72. The summed E-state index contributed by atoms with van der Waals surface area (Å²) in [6, 6.07) is 4.80. The Morgan fingerprint density at radius 3 is 2.80 bits per heavy atom. The van der Waals surface area contributed by atoms with E-state index in [-0.39, 0.29) is 11.4 Å². The van der Waals surface area contributed by atoms with Gasteiger partial charge < -0.3 is 5.11 Å². The fourth-order valence-electron chi connectivity index (χ4n) is 1.37. The van der Waals surface area contributed by atoms with Gasteiger partial charge in [0.25, 0.3) is 0 Å². The Labute approximate surface area is 98.8 Å². The molecular weight excluding hydrogens is 238 g/mol. The van der Waals surface area contributed by atoms with Gasteiger partial charge in [0.2, 0.25) is 0 Å². The van der Waals surface area contributed by atoms with Crippen molar-refractivity contribution < 1.29 is 9.50 Å². The van der Waals surface area contributed by atoms with Crippen molar-refractivity contribution in [1.29, 1.82) is 0 Å².